The van der Waals surface area contributed by atoms with Gasteiger partial charge in [0.2, 0.25) is 5.79 Å². The number of Topliss-reactive ketones (excluding diaryl/α,β-unsaturated/α-hetero) is 1. The lowest BCUT2D eigenvalue weighted by atomic mass is 9.98. The number of rotatable bonds is 6. The van der Waals surface area contributed by atoms with Crippen molar-refractivity contribution in [1.82, 2.24) is 5.32 Å². The van der Waals surface area contributed by atoms with Gasteiger partial charge < -0.3 is 29.0 Å². The van der Waals surface area contributed by atoms with E-state index in [0.717, 1.165) is 0 Å². The summed E-state index contributed by atoms with van der Waals surface area (Å²) in [7, 11) is -4.14. The number of hydrogen-bond donors (Lipinski definition) is 2. The highest BCUT2D eigenvalue weighted by atomic mass is 35.5. The summed E-state index contributed by atoms with van der Waals surface area (Å²) >= 11 is 5.85. The molecular weight excluding hydrogens is 575 g/mol. The van der Waals surface area contributed by atoms with E-state index in [4.69, 9.17) is 44.6 Å². The third kappa shape index (κ3) is 9.30. The van der Waals surface area contributed by atoms with Crippen molar-refractivity contribution in [1.29, 1.82) is 0 Å². The van der Waals surface area contributed by atoms with Gasteiger partial charge in [-0.25, -0.2) is 5.14 Å². The van der Waals surface area contributed by atoms with Crippen molar-refractivity contribution in [3.8, 4) is 0 Å². The molecule has 3 aliphatic heterocycles. The van der Waals surface area contributed by atoms with E-state index in [0.29, 0.717) is 10.6 Å². The van der Waals surface area contributed by atoms with Gasteiger partial charge in [-0.1, -0.05) is 23.7 Å². The first-order valence-corrected chi connectivity index (χ1v) is 14.2. The van der Waals surface area contributed by atoms with Crippen LogP contribution in [0.15, 0.2) is 24.3 Å². The second kappa shape index (κ2) is 12.1. The maximum absolute atomic E-state index is 12.1. The molecule has 1 unspecified atom stereocenters. The molecule has 0 aromatic heterocycles. The number of fused-ring (bicyclic) bond motifs is 3. The normalized spacial score (nSPS) is 29.7. The number of carbonyl (C=O) groups is 1. The van der Waals surface area contributed by atoms with Crippen LogP contribution < -0.4 is 10.5 Å². The zero-order chi connectivity index (χ0) is 28.7. The Morgan fingerprint density at radius 3 is 2.38 bits per heavy atom. The summed E-state index contributed by atoms with van der Waals surface area (Å²) in [6.45, 7) is 14.7. The molecule has 0 amide bonds. The number of ketones is 1. The summed E-state index contributed by atoms with van der Waals surface area (Å²) < 4.78 is 55.9. The van der Waals surface area contributed by atoms with Crippen molar-refractivity contribution >= 4 is 40.1 Å². The molecule has 0 radical (unpaired) electrons. The molecule has 3 fully saturated rings. The topological polar surface area (TPSA) is 145 Å². The van der Waals surface area contributed by atoms with Crippen LogP contribution in [-0.2, 0) is 38.2 Å². The lowest BCUT2D eigenvalue weighted by Crippen LogP contribution is -2.60. The molecule has 224 valence electrons. The quantitative estimate of drug-likeness (QED) is 0.458. The summed E-state index contributed by atoms with van der Waals surface area (Å²) in [5, 5.41) is 8.73. The molecule has 11 nitrogen and oxygen atoms in total. The van der Waals surface area contributed by atoms with Crippen molar-refractivity contribution in [2.24, 2.45) is 5.14 Å². The smallest absolute Gasteiger partial charge is 0.333 e. The third-order valence-corrected chi connectivity index (χ3v) is 6.53. The number of nitrogens with two attached hydrogens (primary N) is 1. The SMILES string of the molecule is CC(NC(C)(C)C)C(=O)c1cccc(Cl)c1.CC1(C)O[C@@H]2[C@@H](CO[C@@]3(COS(N)(=O)=O)OC(C)(C)O[C@@H]23)O1.Cl. The number of nitrogens with one attached hydrogen (secondary N) is 1. The maximum Gasteiger partial charge on any atom is 0.333 e. The Kier molecular flexibility index (Phi) is 10.7. The Morgan fingerprint density at radius 2 is 1.82 bits per heavy atom. The second-order valence-corrected chi connectivity index (χ2v) is 13.2. The van der Waals surface area contributed by atoms with E-state index in [2.05, 4.69) is 5.32 Å². The molecular formula is C25H40Cl2N2O9S. The fraction of sp³-hybridized carbons (Fsp3) is 0.720. The van der Waals surface area contributed by atoms with E-state index in [1.54, 1.807) is 52.0 Å². The van der Waals surface area contributed by atoms with E-state index in [1.807, 2.05) is 27.7 Å². The minimum atomic E-state index is -4.14. The molecule has 39 heavy (non-hydrogen) atoms. The first-order valence-electron chi connectivity index (χ1n) is 12.3. The molecule has 1 aromatic carbocycles. The predicted molar refractivity (Wildman–Crippen MR) is 147 cm³/mol. The van der Waals surface area contributed by atoms with E-state index >= 15 is 0 Å². The first-order chi connectivity index (χ1) is 17.2. The molecule has 3 saturated heterocycles. The Morgan fingerprint density at radius 1 is 1.18 bits per heavy atom. The van der Waals surface area contributed by atoms with Crippen LogP contribution in [0.4, 0.5) is 0 Å². The van der Waals surface area contributed by atoms with Crippen LogP contribution in [0.5, 0.6) is 0 Å². The highest BCUT2D eigenvalue weighted by Gasteiger charge is 2.65. The first kappa shape index (κ1) is 34.3. The van der Waals surface area contributed by atoms with Gasteiger partial charge in [0.25, 0.3) is 0 Å². The van der Waals surface area contributed by atoms with Crippen LogP contribution in [0, 0.1) is 0 Å². The Balaban J connectivity index is 0.000000281. The summed E-state index contributed by atoms with van der Waals surface area (Å²) in [6, 6.07) is 6.83. The average Bonchev–Trinajstić information content (AvgIpc) is 3.21. The van der Waals surface area contributed by atoms with Crippen LogP contribution in [0.2, 0.25) is 5.02 Å². The molecule has 0 bridgehead atoms. The second-order valence-electron chi connectivity index (χ2n) is 11.5. The van der Waals surface area contributed by atoms with Crippen molar-refractivity contribution in [2.45, 2.75) is 103 Å². The Labute approximate surface area is 242 Å². The molecule has 3 aliphatic rings. The van der Waals surface area contributed by atoms with Crippen LogP contribution >= 0.6 is 24.0 Å². The fourth-order valence-electron chi connectivity index (χ4n) is 4.72. The van der Waals surface area contributed by atoms with Crippen LogP contribution in [0.1, 0.15) is 65.7 Å². The number of benzene rings is 1. The van der Waals surface area contributed by atoms with Crippen molar-refractivity contribution in [2.75, 3.05) is 13.2 Å². The van der Waals surface area contributed by atoms with Crippen molar-refractivity contribution in [3.05, 3.63) is 34.9 Å². The van der Waals surface area contributed by atoms with E-state index in [9.17, 15) is 13.2 Å². The van der Waals surface area contributed by atoms with Gasteiger partial charge in [-0.2, -0.15) is 8.42 Å². The summed E-state index contributed by atoms with van der Waals surface area (Å²) in [5.74, 6) is -3.12. The lowest BCUT2D eigenvalue weighted by molar-refractivity contribution is -0.290. The van der Waals surface area contributed by atoms with Gasteiger partial charge in [0.15, 0.2) is 17.4 Å². The van der Waals surface area contributed by atoms with E-state index in [1.165, 1.54) is 0 Å². The maximum atomic E-state index is 12.1. The highest BCUT2D eigenvalue weighted by Crippen LogP contribution is 2.47. The predicted octanol–water partition coefficient (Wildman–Crippen LogP) is 3.33. The van der Waals surface area contributed by atoms with Gasteiger partial charge in [-0.05, 0) is 67.5 Å². The van der Waals surface area contributed by atoms with E-state index < -0.39 is 46.5 Å². The minimum absolute atomic E-state index is 0. The van der Waals surface area contributed by atoms with Gasteiger partial charge in [0, 0.05) is 16.1 Å². The van der Waals surface area contributed by atoms with Gasteiger partial charge in [-0.15, -0.1) is 12.4 Å². The molecule has 0 spiro atoms. The number of ether oxygens (including phenoxy) is 5. The standard InChI is InChI=1S/C13H18ClNO.C12H21NO8S.ClH/c1-9(15-13(2,3)4)12(16)10-6-5-7-11(14)8-10;1-10(2)18-7-5-16-12(6-17-22(13,14)15)9(8(7)19-10)20-11(3,4)21-12;/h5-9,15H,1-4H3;7-9H,5-6H2,1-4H3,(H2,13,14,15);1H/t;7-,8-,9+,12+;/m.1./s1. The summed E-state index contributed by atoms with van der Waals surface area (Å²) in [5.41, 5.74) is 0.574. The highest BCUT2D eigenvalue weighted by molar-refractivity contribution is 7.84. The molecule has 4 rings (SSSR count). The fourth-order valence-corrected chi connectivity index (χ4v) is 5.24. The molecule has 3 N–H and O–H groups in total. The zero-order valence-corrected chi connectivity index (χ0v) is 25.9. The van der Waals surface area contributed by atoms with Gasteiger partial charge in [0.1, 0.15) is 24.9 Å². The molecule has 0 aliphatic carbocycles. The Bertz CT molecular complexity index is 1130. The Hall–Kier alpha value is -0.900. The van der Waals surface area contributed by atoms with Crippen LogP contribution in [-0.4, -0.2) is 74.7 Å². The molecule has 14 heteroatoms. The number of halogens is 2. The van der Waals surface area contributed by atoms with Crippen LogP contribution in [0.3, 0.4) is 0 Å². The monoisotopic (exact) mass is 614 g/mol. The largest absolute Gasteiger partial charge is 0.343 e. The minimum Gasteiger partial charge on any atom is -0.343 e. The molecule has 3 heterocycles. The van der Waals surface area contributed by atoms with Gasteiger partial charge >= 0.3 is 10.3 Å². The third-order valence-electron chi connectivity index (χ3n) is 5.85. The summed E-state index contributed by atoms with van der Waals surface area (Å²) in [6.07, 6.45) is -1.50. The van der Waals surface area contributed by atoms with Gasteiger partial charge in [0.05, 0.1) is 12.6 Å². The molecule has 1 aromatic rings. The average molecular weight is 616 g/mol. The van der Waals surface area contributed by atoms with Gasteiger partial charge in [-0.3, -0.25) is 8.98 Å². The lowest BCUT2D eigenvalue weighted by Gasteiger charge is -2.40. The van der Waals surface area contributed by atoms with Crippen molar-refractivity contribution < 1.29 is 41.1 Å². The van der Waals surface area contributed by atoms with E-state index in [-0.39, 0.29) is 42.5 Å². The summed E-state index contributed by atoms with van der Waals surface area (Å²) in [4.78, 5) is 12.1. The zero-order valence-electron chi connectivity index (χ0n) is 23.5. The number of hydrogen-bond acceptors (Lipinski definition) is 10. The van der Waals surface area contributed by atoms with Crippen LogP contribution in [0.25, 0.3) is 0 Å². The molecule has 0 saturated carbocycles. The number of carbonyl (C=O) groups excluding carboxylic acids is 1. The van der Waals surface area contributed by atoms with Crippen molar-refractivity contribution in [3.63, 3.8) is 0 Å². The molecule has 5 atom stereocenters.